The number of carbonyl (C=O) groups excluding carboxylic acids is 3. The number of amides is 3. The Morgan fingerprint density at radius 3 is 2.36 bits per heavy atom. The van der Waals surface area contributed by atoms with Gasteiger partial charge in [-0.3, -0.25) is 19.3 Å². The summed E-state index contributed by atoms with van der Waals surface area (Å²) in [6.45, 7) is 4.11. The zero-order valence-corrected chi connectivity index (χ0v) is 16.3. The molecule has 0 fully saturated rings. The molecule has 1 N–H and O–H groups in total. The van der Waals surface area contributed by atoms with Crippen LogP contribution in [0.5, 0.6) is 5.75 Å². The van der Waals surface area contributed by atoms with Crippen molar-refractivity contribution in [3.8, 4) is 5.75 Å². The van der Waals surface area contributed by atoms with Crippen molar-refractivity contribution in [2.24, 2.45) is 0 Å². The van der Waals surface area contributed by atoms with Gasteiger partial charge in [0.15, 0.2) is 0 Å². The Kier molecular flexibility index (Phi) is 5.78. The van der Waals surface area contributed by atoms with Crippen LogP contribution in [0.2, 0.25) is 0 Å². The Labute approximate surface area is 164 Å². The van der Waals surface area contributed by atoms with Crippen LogP contribution in [-0.2, 0) is 4.79 Å². The first-order valence-electron chi connectivity index (χ1n) is 9.31. The van der Waals surface area contributed by atoms with Gasteiger partial charge in [-0.05, 0) is 38.5 Å². The van der Waals surface area contributed by atoms with E-state index in [1.807, 2.05) is 32.0 Å². The molecule has 28 heavy (non-hydrogen) atoms. The van der Waals surface area contributed by atoms with E-state index >= 15 is 0 Å². The number of carbonyl (C=O) groups is 3. The third-order valence-corrected chi connectivity index (χ3v) is 4.89. The average molecular weight is 380 g/mol. The highest BCUT2D eigenvalue weighted by molar-refractivity contribution is 6.21. The maximum atomic E-state index is 12.3. The Bertz CT molecular complexity index is 888. The van der Waals surface area contributed by atoms with E-state index < -0.39 is 0 Å². The second kappa shape index (κ2) is 8.25. The van der Waals surface area contributed by atoms with Crippen LogP contribution in [0, 0.1) is 6.92 Å². The van der Waals surface area contributed by atoms with Gasteiger partial charge in [0.05, 0.1) is 24.3 Å². The number of methoxy groups -OCH3 is 1. The number of fused-ring (bicyclic) bond motifs is 1. The molecule has 0 radical (unpaired) electrons. The quantitative estimate of drug-likeness (QED) is 0.748. The van der Waals surface area contributed by atoms with E-state index in [4.69, 9.17) is 4.74 Å². The average Bonchev–Trinajstić information content (AvgIpc) is 2.93. The van der Waals surface area contributed by atoms with Crippen molar-refractivity contribution in [2.75, 3.05) is 13.7 Å². The summed E-state index contributed by atoms with van der Waals surface area (Å²) in [4.78, 5) is 38.2. The van der Waals surface area contributed by atoms with E-state index in [0.29, 0.717) is 17.5 Å². The van der Waals surface area contributed by atoms with Crippen molar-refractivity contribution in [2.45, 2.75) is 32.7 Å². The lowest BCUT2D eigenvalue weighted by molar-refractivity contribution is -0.121. The van der Waals surface area contributed by atoms with Gasteiger partial charge in [0, 0.05) is 18.5 Å². The van der Waals surface area contributed by atoms with Crippen molar-refractivity contribution in [3.63, 3.8) is 0 Å². The number of aryl methyl sites for hydroxylation is 1. The Hall–Kier alpha value is -3.15. The molecule has 0 bridgehead atoms. The number of ether oxygens (including phenoxy) is 1. The standard InChI is InChI=1S/C22H24N2O4/c1-14-10-11-19(28-3)18(13-14)15(2)23-20(25)9-6-12-24-21(26)16-7-4-5-8-17(16)22(24)27/h4-5,7-8,10-11,13,15H,6,9,12H2,1-3H3,(H,23,25)/t15-/m0/s1. The van der Waals surface area contributed by atoms with Crippen molar-refractivity contribution in [1.82, 2.24) is 10.2 Å². The molecular weight excluding hydrogens is 356 g/mol. The van der Waals surface area contributed by atoms with Gasteiger partial charge < -0.3 is 10.1 Å². The van der Waals surface area contributed by atoms with Gasteiger partial charge in [-0.1, -0.05) is 29.8 Å². The smallest absolute Gasteiger partial charge is 0.261 e. The monoisotopic (exact) mass is 380 g/mol. The number of nitrogens with zero attached hydrogens (tertiary/aromatic N) is 1. The van der Waals surface area contributed by atoms with Gasteiger partial charge in [-0.25, -0.2) is 0 Å². The van der Waals surface area contributed by atoms with Crippen molar-refractivity contribution < 1.29 is 19.1 Å². The molecule has 6 heteroatoms. The molecule has 0 saturated heterocycles. The van der Waals surface area contributed by atoms with Crippen molar-refractivity contribution in [3.05, 3.63) is 64.7 Å². The minimum atomic E-state index is -0.293. The molecule has 2 aromatic rings. The summed E-state index contributed by atoms with van der Waals surface area (Å²) in [6.07, 6.45) is 0.640. The third kappa shape index (κ3) is 3.91. The van der Waals surface area contributed by atoms with Crippen molar-refractivity contribution in [1.29, 1.82) is 0 Å². The molecule has 1 atom stereocenters. The molecule has 0 aromatic heterocycles. The van der Waals surface area contributed by atoms with Crippen LogP contribution in [0.15, 0.2) is 42.5 Å². The Balaban J connectivity index is 1.54. The topological polar surface area (TPSA) is 75.7 Å². The van der Waals surface area contributed by atoms with Crippen LogP contribution in [0.3, 0.4) is 0 Å². The third-order valence-electron chi connectivity index (χ3n) is 4.89. The highest BCUT2D eigenvalue weighted by Crippen LogP contribution is 2.26. The van der Waals surface area contributed by atoms with Gasteiger partial charge in [-0.2, -0.15) is 0 Å². The lowest BCUT2D eigenvalue weighted by Gasteiger charge is -2.18. The predicted molar refractivity (Wildman–Crippen MR) is 105 cm³/mol. The fourth-order valence-electron chi connectivity index (χ4n) is 3.42. The molecule has 2 aromatic carbocycles. The summed E-state index contributed by atoms with van der Waals surface area (Å²) in [5.41, 5.74) is 2.85. The SMILES string of the molecule is COc1ccc(C)cc1[C@H](C)NC(=O)CCCN1C(=O)c2ccccc2C1=O. The lowest BCUT2D eigenvalue weighted by atomic mass is 10.0. The minimum absolute atomic E-state index is 0.132. The van der Waals surface area contributed by atoms with Crippen LogP contribution in [0.4, 0.5) is 0 Å². The highest BCUT2D eigenvalue weighted by atomic mass is 16.5. The van der Waals surface area contributed by atoms with Gasteiger partial charge in [0.1, 0.15) is 5.75 Å². The maximum Gasteiger partial charge on any atom is 0.261 e. The van der Waals surface area contributed by atoms with Gasteiger partial charge >= 0.3 is 0 Å². The number of hydrogen-bond acceptors (Lipinski definition) is 4. The second-order valence-electron chi connectivity index (χ2n) is 6.95. The van der Waals surface area contributed by atoms with Crippen LogP contribution in [0.25, 0.3) is 0 Å². The summed E-state index contributed by atoms with van der Waals surface area (Å²) in [5.74, 6) is 0.00911. The van der Waals surface area contributed by atoms with E-state index in [9.17, 15) is 14.4 Å². The normalized spacial score (nSPS) is 14.0. The minimum Gasteiger partial charge on any atom is -0.496 e. The van der Waals surface area contributed by atoms with E-state index in [1.165, 1.54) is 4.90 Å². The van der Waals surface area contributed by atoms with E-state index in [2.05, 4.69) is 5.32 Å². The fraction of sp³-hybridized carbons (Fsp3) is 0.318. The first-order valence-corrected chi connectivity index (χ1v) is 9.31. The van der Waals surface area contributed by atoms with Crippen LogP contribution in [0.1, 0.15) is 57.7 Å². The molecule has 3 amide bonds. The van der Waals surface area contributed by atoms with E-state index in [-0.39, 0.29) is 36.7 Å². The molecular formula is C22H24N2O4. The summed E-state index contributed by atoms with van der Waals surface area (Å²) in [6, 6.07) is 12.4. The number of rotatable bonds is 7. The molecule has 6 nitrogen and oxygen atoms in total. The molecule has 146 valence electrons. The molecule has 0 spiro atoms. The van der Waals surface area contributed by atoms with Gasteiger partial charge in [-0.15, -0.1) is 0 Å². The summed E-state index contributed by atoms with van der Waals surface area (Å²) in [7, 11) is 1.60. The highest BCUT2D eigenvalue weighted by Gasteiger charge is 2.34. The predicted octanol–water partition coefficient (Wildman–Crippen LogP) is 3.26. The summed E-state index contributed by atoms with van der Waals surface area (Å²) < 4.78 is 5.37. The van der Waals surface area contributed by atoms with Crippen LogP contribution < -0.4 is 10.1 Å². The molecule has 0 aliphatic carbocycles. The van der Waals surface area contributed by atoms with E-state index in [0.717, 1.165) is 16.9 Å². The van der Waals surface area contributed by atoms with Gasteiger partial charge in [0.25, 0.3) is 11.8 Å². The first kappa shape index (κ1) is 19.6. The number of nitrogens with one attached hydrogen (secondary N) is 1. The van der Waals surface area contributed by atoms with E-state index in [1.54, 1.807) is 31.4 Å². The van der Waals surface area contributed by atoms with Crippen LogP contribution in [-0.4, -0.2) is 36.3 Å². The second-order valence-corrected chi connectivity index (χ2v) is 6.95. The van der Waals surface area contributed by atoms with Crippen LogP contribution >= 0.6 is 0 Å². The largest absolute Gasteiger partial charge is 0.496 e. The lowest BCUT2D eigenvalue weighted by Crippen LogP contribution is -2.32. The molecule has 1 heterocycles. The first-order chi connectivity index (χ1) is 13.4. The number of hydrogen-bond donors (Lipinski definition) is 1. The maximum absolute atomic E-state index is 12.3. The molecule has 0 saturated carbocycles. The molecule has 1 aliphatic heterocycles. The van der Waals surface area contributed by atoms with Crippen molar-refractivity contribution >= 4 is 17.7 Å². The Morgan fingerprint density at radius 1 is 1.11 bits per heavy atom. The number of benzene rings is 2. The number of imide groups is 1. The zero-order chi connectivity index (χ0) is 20.3. The molecule has 3 rings (SSSR count). The van der Waals surface area contributed by atoms with Gasteiger partial charge in [0.2, 0.25) is 5.91 Å². The summed E-state index contributed by atoms with van der Waals surface area (Å²) in [5, 5.41) is 2.96. The Morgan fingerprint density at radius 2 is 1.75 bits per heavy atom. The summed E-state index contributed by atoms with van der Waals surface area (Å²) >= 11 is 0. The fourth-order valence-corrected chi connectivity index (χ4v) is 3.42. The zero-order valence-electron chi connectivity index (χ0n) is 16.3. The molecule has 1 aliphatic rings. The molecule has 0 unspecified atom stereocenters.